The lowest BCUT2D eigenvalue weighted by Crippen LogP contribution is -2.21. The van der Waals surface area contributed by atoms with Crippen molar-refractivity contribution >= 4 is 44.1 Å². The van der Waals surface area contributed by atoms with Gasteiger partial charge in [-0.3, -0.25) is 0 Å². The van der Waals surface area contributed by atoms with Crippen LogP contribution in [0.2, 0.25) is 0 Å². The molecule has 3 rings (SSSR count). The van der Waals surface area contributed by atoms with E-state index in [0.29, 0.717) is 0 Å². The second-order valence-corrected chi connectivity index (χ2v) is 10.5. The molecule has 0 aliphatic rings. The third-order valence-electron chi connectivity index (χ3n) is 3.78. The number of benzene rings is 3. The Balaban J connectivity index is 0.00000280. The first-order chi connectivity index (χ1) is 12.7. The summed E-state index contributed by atoms with van der Waals surface area (Å²) >= 11 is 0. The van der Waals surface area contributed by atoms with Crippen molar-refractivity contribution in [1.29, 1.82) is 0 Å². The molecule has 0 radical (unpaired) electrons. The topological polar surface area (TPSA) is 146 Å². The lowest BCUT2D eigenvalue weighted by molar-refractivity contribution is 0.461. The smallest absolute Gasteiger partial charge is 0.124 e. The molecule has 3 aromatic rings. The van der Waals surface area contributed by atoms with Crippen LogP contribution in [0.15, 0.2) is 88.7 Å². The SMILES string of the molecule is O.O=S(=O)([O-])c1ccc(P(c2ccccc2)c2ccc(S(=O)(=O)[O-])cc2)cc1. The fourth-order valence-electron chi connectivity index (χ4n) is 2.55. The minimum atomic E-state index is -4.54. The van der Waals surface area contributed by atoms with Crippen molar-refractivity contribution in [3.63, 3.8) is 0 Å². The maximum atomic E-state index is 11.1. The van der Waals surface area contributed by atoms with Gasteiger partial charge in [-0.05, 0) is 48.1 Å². The fraction of sp³-hybridized carbons (Fsp3) is 0. The predicted molar refractivity (Wildman–Crippen MR) is 105 cm³/mol. The summed E-state index contributed by atoms with van der Waals surface area (Å²) in [6.07, 6.45) is 0. The minimum Gasteiger partial charge on any atom is -0.744 e. The van der Waals surface area contributed by atoms with Crippen molar-refractivity contribution < 1.29 is 31.4 Å². The van der Waals surface area contributed by atoms with Crippen LogP contribution in [0.1, 0.15) is 0 Å². The Morgan fingerprint density at radius 1 is 0.536 bits per heavy atom. The van der Waals surface area contributed by atoms with Crippen LogP contribution in [0.5, 0.6) is 0 Å². The molecule has 0 bridgehead atoms. The van der Waals surface area contributed by atoms with Gasteiger partial charge in [0.2, 0.25) is 0 Å². The Bertz CT molecular complexity index is 1070. The fourth-order valence-corrected chi connectivity index (χ4v) is 5.75. The van der Waals surface area contributed by atoms with E-state index in [1.54, 1.807) is 24.3 Å². The molecule has 0 saturated carbocycles. The highest BCUT2D eigenvalue weighted by Crippen LogP contribution is 2.33. The summed E-state index contributed by atoms with van der Waals surface area (Å²) in [6, 6.07) is 20.7. The molecule has 0 amide bonds. The van der Waals surface area contributed by atoms with Crippen LogP contribution >= 0.6 is 7.92 Å². The van der Waals surface area contributed by atoms with E-state index in [4.69, 9.17) is 0 Å². The zero-order valence-corrected chi connectivity index (χ0v) is 16.7. The molecule has 0 spiro atoms. The molecule has 0 aliphatic carbocycles. The van der Waals surface area contributed by atoms with Gasteiger partial charge < -0.3 is 14.6 Å². The largest absolute Gasteiger partial charge is 0.744 e. The maximum absolute atomic E-state index is 11.1. The van der Waals surface area contributed by atoms with Gasteiger partial charge in [-0.25, -0.2) is 16.8 Å². The first-order valence-corrected chi connectivity index (χ1v) is 11.8. The average Bonchev–Trinajstić information content (AvgIpc) is 2.62. The van der Waals surface area contributed by atoms with E-state index in [1.165, 1.54) is 24.3 Å². The van der Waals surface area contributed by atoms with Crippen molar-refractivity contribution in [3.05, 3.63) is 78.9 Å². The molecule has 0 unspecified atom stereocenters. The Hall–Kier alpha value is -2.13. The normalized spacial score (nSPS) is 11.8. The summed E-state index contributed by atoms with van der Waals surface area (Å²) in [7, 11) is -10.2. The molecule has 0 fully saturated rings. The molecule has 148 valence electrons. The quantitative estimate of drug-likeness (QED) is 0.417. The number of rotatable bonds is 5. The third kappa shape index (κ3) is 5.02. The van der Waals surface area contributed by atoms with Gasteiger partial charge in [0.15, 0.2) is 0 Å². The first-order valence-electron chi connectivity index (χ1n) is 7.63. The monoisotopic (exact) mass is 438 g/mol. The van der Waals surface area contributed by atoms with Gasteiger partial charge in [0.05, 0.1) is 9.79 Å². The predicted octanol–water partition coefficient (Wildman–Crippen LogP) is 0.428. The molecule has 10 heteroatoms. The molecule has 0 aliphatic heterocycles. The van der Waals surface area contributed by atoms with Crippen LogP contribution in [-0.4, -0.2) is 31.4 Å². The summed E-state index contributed by atoms with van der Waals surface area (Å²) in [6.45, 7) is 0. The molecule has 0 aromatic heterocycles. The highest BCUT2D eigenvalue weighted by atomic mass is 32.2. The van der Waals surface area contributed by atoms with Gasteiger partial charge in [-0.1, -0.05) is 54.6 Å². The first kappa shape index (κ1) is 22.2. The second-order valence-electron chi connectivity index (χ2n) is 5.57. The van der Waals surface area contributed by atoms with Gasteiger partial charge in [0, 0.05) is 0 Å². The van der Waals surface area contributed by atoms with Crippen molar-refractivity contribution in [2.75, 3.05) is 0 Å². The van der Waals surface area contributed by atoms with Crippen molar-refractivity contribution in [3.8, 4) is 0 Å². The second kappa shape index (κ2) is 8.48. The molecule has 28 heavy (non-hydrogen) atoms. The highest BCUT2D eigenvalue weighted by molar-refractivity contribution is 7.86. The zero-order chi connectivity index (χ0) is 19.7. The number of hydrogen-bond acceptors (Lipinski definition) is 6. The molecule has 0 saturated heterocycles. The summed E-state index contributed by atoms with van der Waals surface area (Å²) < 4.78 is 66.9. The van der Waals surface area contributed by atoms with Gasteiger partial charge in [0.25, 0.3) is 0 Å². The Morgan fingerprint density at radius 3 is 1.18 bits per heavy atom. The maximum Gasteiger partial charge on any atom is 0.124 e. The van der Waals surface area contributed by atoms with Crippen LogP contribution in [0.25, 0.3) is 0 Å². The van der Waals surface area contributed by atoms with Crippen molar-refractivity contribution in [2.24, 2.45) is 0 Å². The standard InChI is InChI=1S/C18H15O6PS2.H2O/c19-26(20,21)17-10-6-15(7-11-17)25(14-4-2-1-3-5-14)16-8-12-18(13-9-16)27(22,23)24;/h1-13H,(H,19,20,21)(H,22,23,24);1H2/p-2. The molecular formula is C18H15O7PS2-2. The Labute approximate surface area is 164 Å². The van der Waals surface area contributed by atoms with E-state index in [-0.39, 0.29) is 15.3 Å². The van der Waals surface area contributed by atoms with Gasteiger partial charge >= 0.3 is 0 Å². The lowest BCUT2D eigenvalue weighted by atomic mass is 10.3. The van der Waals surface area contributed by atoms with Crippen LogP contribution in [0, 0.1) is 0 Å². The van der Waals surface area contributed by atoms with E-state index in [1.807, 2.05) is 30.3 Å². The third-order valence-corrected chi connectivity index (χ3v) is 7.92. The minimum absolute atomic E-state index is 0. The molecular weight excluding hydrogens is 423 g/mol. The lowest BCUT2D eigenvalue weighted by Gasteiger charge is -2.20. The van der Waals surface area contributed by atoms with E-state index >= 15 is 0 Å². The van der Waals surface area contributed by atoms with Crippen molar-refractivity contribution in [1.82, 2.24) is 0 Å². The van der Waals surface area contributed by atoms with Crippen LogP contribution in [-0.2, 0) is 20.2 Å². The summed E-state index contributed by atoms with van der Waals surface area (Å²) in [5.74, 6) is 0. The van der Waals surface area contributed by atoms with E-state index in [9.17, 15) is 25.9 Å². The average molecular weight is 438 g/mol. The molecule has 2 N–H and O–H groups in total. The summed E-state index contributed by atoms with van der Waals surface area (Å²) in [4.78, 5) is -0.635. The van der Waals surface area contributed by atoms with Crippen molar-refractivity contribution in [2.45, 2.75) is 9.79 Å². The van der Waals surface area contributed by atoms with Crippen LogP contribution in [0.3, 0.4) is 0 Å². The van der Waals surface area contributed by atoms with Gasteiger partial charge in [0.1, 0.15) is 20.2 Å². The van der Waals surface area contributed by atoms with E-state index in [2.05, 4.69) is 0 Å². The van der Waals surface area contributed by atoms with E-state index < -0.39 is 28.2 Å². The Morgan fingerprint density at radius 2 is 0.857 bits per heavy atom. The highest BCUT2D eigenvalue weighted by Gasteiger charge is 2.17. The zero-order valence-electron chi connectivity index (χ0n) is 14.2. The van der Waals surface area contributed by atoms with Crippen LogP contribution in [0.4, 0.5) is 0 Å². The molecule has 0 heterocycles. The molecule has 7 nitrogen and oxygen atoms in total. The van der Waals surface area contributed by atoms with Gasteiger partial charge in [-0.15, -0.1) is 0 Å². The summed E-state index contributed by atoms with van der Waals surface area (Å²) in [5, 5.41) is 2.51. The molecule has 3 aromatic carbocycles. The number of hydrogen-bond donors (Lipinski definition) is 0. The van der Waals surface area contributed by atoms with Gasteiger partial charge in [-0.2, -0.15) is 0 Å². The van der Waals surface area contributed by atoms with Crippen LogP contribution < -0.4 is 15.9 Å². The summed E-state index contributed by atoms with van der Waals surface area (Å²) in [5.41, 5.74) is 0. The van der Waals surface area contributed by atoms with E-state index in [0.717, 1.165) is 15.9 Å². The Kier molecular flexibility index (Phi) is 6.71. The molecule has 0 atom stereocenters.